The lowest BCUT2D eigenvalue weighted by atomic mass is 10.1. The minimum absolute atomic E-state index is 0.0960. The van der Waals surface area contributed by atoms with Crippen molar-refractivity contribution in [1.82, 2.24) is 15.5 Å². The minimum atomic E-state index is -5.28. The highest BCUT2D eigenvalue weighted by Gasteiger charge is 2.68. The summed E-state index contributed by atoms with van der Waals surface area (Å²) >= 11 is 0. The summed E-state index contributed by atoms with van der Waals surface area (Å²) < 4.78 is 46.7. The molecule has 1 heterocycles. The van der Waals surface area contributed by atoms with Crippen molar-refractivity contribution in [2.45, 2.75) is 18.4 Å². The first-order chi connectivity index (χ1) is 13.7. The van der Waals surface area contributed by atoms with Gasteiger partial charge in [0.1, 0.15) is 5.75 Å². The Morgan fingerprint density at radius 1 is 1.10 bits per heavy atom. The molecule has 7 nitrogen and oxygen atoms in total. The lowest BCUT2D eigenvalue weighted by Crippen LogP contribution is -2.69. The van der Waals surface area contributed by atoms with Crippen molar-refractivity contribution in [3.63, 3.8) is 0 Å². The van der Waals surface area contributed by atoms with Crippen LogP contribution in [0.4, 0.5) is 18.0 Å². The third-order valence-electron chi connectivity index (χ3n) is 4.39. The average Bonchev–Trinajstić information content (AvgIpc) is 2.94. The molecule has 2 aromatic carbocycles. The van der Waals surface area contributed by atoms with E-state index in [1.54, 1.807) is 34.9 Å². The van der Waals surface area contributed by atoms with Crippen LogP contribution in [-0.4, -0.2) is 41.7 Å². The SMILES string of the molecule is COc1ccccc1CN1C(=O)NC(NC(=O)c2ccccc2)(C(F)(F)F)C1=O. The number of nitrogens with zero attached hydrogens (tertiary/aromatic N) is 1. The Hall–Kier alpha value is -3.56. The van der Waals surface area contributed by atoms with Crippen molar-refractivity contribution in [3.05, 3.63) is 65.7 Å². The molecule has 0 saturated carbocycles. The summed E-state index contributed by atoms with van der Waals surface area (Å²) in [5, 5.41) is 3.26. The van der Waals surface area contributed by atoms with Gasteiger partial charge in [-0.1, -0.05) is 36.4 Å². The molecule has 0 aliphatic carbocycles. The first-order valence-electron chi connectivity index (χ1n) is 8.40. The van der Waals surface area contributed by atoms with Crippen LogP contribution >= 0.6 is 0 Å². The number of methoxy groups -OCH3 is 1. The van der Waals surface area contributed by atoms with Gasteiger partial charge in [-0.25, -0.2) is 4.79 Å². The fourth-order valence-electron chi connectivity index (χ4n) is 2.90. The number of alkyl halides is 3. The Labute approximate surface area is 163 Å². The normalized spacial score (nSPS) is 19.1. The van der Waals surface area contributed by atoms with Gasteiger partial charge >= 0.3 is 12.2 Å². The lowest BCUT2D eigenvalue weighted by Gasteiger charge is -2.30. The molecule has 4 amide bonds. The molecule has 29 heavy (non-hydrogen) atoms. The van der Waals surface area contributed by atoms with Gasteiger partial charge in [0.15, 0.2) is 0 Å². The molecule has 2 N–H and O–H groups in total. The second-order valence-corrected chi connectivity index (χ2v) is 6.20. The van der Waals surface area contributed by atoms with Gasteiger partial charge in [-0.05, 0) is 18.2 Å². The molecule has 3 rings (SSSR count). The monoisotopic (exact) mass is 407 g/mol. The van der Waals surface area contributed by atoms with E-state index in [0.717, 1.165) is 0 Å². The third-order valence-corrected chi connectivity index (χ3v) is 4.39. The summed E-state index contributed by atoms with van der Waals surface area (Å²) in [5.74, 6) is -2.49. The Morgan fingerprint density at radius 2 is 1.72 bits per heavy atom. The summed E-state index contributed by atoms with van der Waals surface area (Å²) in [7, 11) is 1.35. The topological polar surface area (TPSA) is 87.7 Å². The largest absolute Gasteiger partial charge is 0.496 e. The van der Waals surface area contributed by atoms with Crippen molar-refractivity contribution in [3.8, 4) is 5.75 Å². The third kappa shape index (κ3) is 3.60. The van der Waals surface area contributed by atoms with E-state index in [0.29, 0.717) is 16.2 Å². The zero-order chi connectivity index (χ0) is 21.2. The summed E-state index contributed by atoms with van der Waals surface area (Å²) in [6, 6.07) is 12.0. The molecule has 1 aliphatic heterocycles. The van der Waals surface area contributed by atoms with Crippen LogP contribution in [0.5, 0.6) is 5.75 Å². The molecule has 1 atom stereocenters. The number of hydrogen-bond acceptors (Lipinski definition) is 4. The number of imide groups is 1. The van der Waals surface area contributed by atoms with Crippen molar-refractivity contribution in [2.24, 2.45) is 0 Å². The molecule has 2 aromatic rings. The first-order valence-corrected chi connectivity index (χ1v) is 8.40. The Bertz CT molecular complexity index is 949. The molecule has 1 aliphatic rings. The highest BCUT2D eigenvalue weighted by Crippen LogP contribution is 2.35. The maximum Gasteiger partial charge on any atom is 0.440 e. The van der Waals surface area contributed by atoms with Crippen molar-refractivity contribution >= 4 is 17.8 Å². The molecular formula is C19H16F3N3O4. The Balaban J connectivity index is 1.94. The first kappa shape index (κ1) is 20.2. The van der Waals surface area contributed by atoms with E-state index in [1.807, 2.05) is 0 Å². The van der Waals surface area contributed by atoms with Gasteiger partial charge in [0, 0.05) is 11.1 Å². The van der Waals surface area contributed by atoms with Crippen LogP contribution in [-0.2, 0) is 11.3 Å². The van der Waals surface area contributed by atoms with Gasteiger partial charge in [-0.2, -0.15) is 13.2 Å². The summed E-state index contributed by atoms with van der Waals surface area (Å²) in [6.07, 6.45) is -5.28. The molecular weight excluding hydrogens is 391 g/mol. The number of halogens is 3. The standard InChI is InChI=1S/C19H16F3N3O4/c1-29-14-10-6-5-9-13(14)11-25-16(27)18(19(20,21)22,24-17(25)28)23-15(26)12-7-3-2-4-8-12/h2-10H,11H2,1H3,(H,23,26)(H,24,28). The van der Waals surface area contributed by atoms with Gasteiger partial charge < -0.3 is 10.1 Å². The van der Waals surface area contributed by atoms with Gasteiger partial charge in [0.05, 0.1) is 13.7 Å². The van der Waals surface area contributed by atoms with E-state index in [2.05, 4.69) is 0 Å². The molecule has 1 unspecified atom stereocenters. The lowest BCUT2D eigenvalue weighted by molar-refractivity contribution is -0.200. The number of hydrogen-bond donors (Lipinski definition) is 2. The molecule has 0 aromatic heterocycles. The van der Waals surface area contributed by atoms with Crippen LogP contribution in [0.2, 0.25) is 0 Å². The number of para-hydroxylation sites is 1. The molecule has 0 bridgehead atoms. The predicted molar refractivity (Wildman–Crippen MR) is 94.8 cm³/mol. The molecule has 0 spiro atoms. The average molecular weight is 407 g/mol. The molecule has 10 heteroatoms. The highest BCUT2D eigenvalue weighted by atomic mass is 19.4. The van der Waals surface area contributed by atoms with Crippen LogP contribution < -0.4 is 15.4 Å². The van der Waals surface area contributed by atoms with Crippen LogP contribution in [0.15, 0.2) is 54.6 Å². The van der Waals surface area contributed by atoms with Crippen LogP contribution in [0.3, 0.4) is 0 Å². The number of amides is 4. The number of nitrogens with one attached hydrogen (secondary N) is 2. The number of rotatable bonds is 5. The Morgan fingerprint density at radius 3 is 2.34 bits per heavy atom. The maximum absolute atomic E-state index is 13.9. The fraction of sp³-hybridized carbons (Fsp3) is 0.211. The number of ether oxygens (including phenoxy) is 1. The summed E-state index contributed by atoms with van der Waals surface area (Å²) in [4.78, 5) is 37.7. The summed E-state index contributed by atoms with van der Waals surface area (Å²) in [6.45, 7) is -0.465. The minimum Gasteiger partial charge on any atom is -0.496 e. The maximum atomic E-state index is 13.9. The zero-order valence-corrected chi connectivity index (χ0v) is 15.1. The second-order valence-electron chi connectivity index (χ2n) is 6.20. The number of urea groups is 1. The Kier molecular flexibility index (Phi) is 5.19. The van der Waals surface area contributed by atoms with E-state index in [1.165, 1.54) is 37.4 Å². The van der Waals surface area contributed by atoms with Crippen LogP contribution in [0.1, 0.15) is 15.9 Å². The molecule has 0 radical (unpaired) electrons. The second kappa shape index (κ2) is 7.46. The van der Waals surface area contributed by atoms with E-state index in [4.69, 9.17) is 4.74 Å². The van der Waals surface area contributed by atoms with Crippen LogP contribution in [0, 0.1) is 0 Å². The van der Waals surface area contributed by atoms with E-state index in [-0.39, 0.29) is 5.56 Å². The van der Waals surface area contributed by atoms with Gasteiger partial charge in [-0.15, -0.1) is 0 Å². The highest BCUT2D eigenvalue weighted by molar-refractivity contribution is 6.10. The van der Waals surface area contributed by atoms with E-state index in [9.17, 15) is 27.6 Å². The summed E-state index contributed by atoms with van der Waals surface area (Å²) in [5.41, 5.74) is -3.34. The smallest absolute Gasteiger partial charge is 0.440 e. The number of carbonyl (C=O) groups excluding carboxylic acids is 3. The van der Waals surface area contributed by atoms with Crippen molar-refractivity contribution in [1.29, 1.82) is 0 Å². The zero-order valence-electron chi connectivity index (χ0n) is 15.1. The fourth-order valence-corrected chi connectivity index (χ4v) is 2.90. The van der Waals surface area contributed by atoms with Gasteiger partial charge in [0.2, 0.25) is 0 Å². The van der Waals surface area contributed by atoms with Crippen molar-refractivity contribution < 1.29 is 32.3 Å². The number of carbonyl (C=O) groups is 3. The molecule has 152 valence electrons. The molecule has 1 fully saturated rings. The quantitative estimate of drug-likeness (QED) is 0.746. The van der Waals surface area contributed by atoms with Gasteiger partial charge in [0.25, 0.3) is 17.5 Å². The van der Waals surface area contributed by atoms with E-state index >= 15 is 0 Å². The van der Waals surface area contributed by atoms with Gasteiger partial charge in [-0.3, -0.25) is 19.8 Å². The van der Waals surface area contributed by atoms with Crippen molar-refractivity contribution in [2.75, 3.05) is 7.11 Å². The number of benzene rings is 2. The van der Waals surface area contributed by atoms with Crippen LogP contribution in [0.25, 0.3) is 0 Å². The predicted octanol–water partition coefficient (Wildman–Crippen LogP) is 2.44. The van der Waals surface area contributed by atoms with E-state index < -0.39 is 36.2 Å². The molecule has 1 saturated heterocycles.